The molecule has 1 saturated heterocycles. The van der Waals surface area contributed by atoms with Crippen LogP contribution in [0.2, 0.25) is 5.28 Å². The first-order chi connectivity index (χ1) is 20.2. The Balaban J connectivity index is 1.07. The van der Waals surface area contributed by atoms with Gasteiger partial charge in [-0.2, -0.15) is 15.0 Å². The summed E-state index contributed by atoms with van der Waals surface area (Å²) in [5.74, 6) is 0.456. The van der Waals surface area contributed by atoms with Crippen LogP contribution in [0, 0.1) is 12.8 Å². The Kier molecular flexibility index (Phi) is 6.22. The van der Waals surface area contributed by atoms with Crippen LogP contribution in [0.1, 0.15) is 53.9 Å². The van der Waals surface area contributed by atoms with E-state index in [1.54, 1.807) is 6.20 Å². The molecule has 5 heterocycles. The van der Waals surface area contributed by atoms with Gasteiger partial charge in [0.05, 0.1) is 17.9 Å². The van der Waals surface area contributed by atoms with Crippen LogP contribution in [-0.2, 0) is 16.1 Å². The molecular formula is C27H26ClN11O3. The number of nitrogens with zero attached hydrogens (tertiary/aromatic N) is 9. The monoisotopic (exact) mass is 587 g/mol. The number of carbonyl (C=O) groups is 3. The van der Waals surface area contributed by atoms with Crippen molar-refractivity contribution in [3.8, 4) is 0 Å². The number of nitrogens with one attached hydrogen (secondary N) is 2. The average Bonchev–Trinajstić information content (AvgIpc) is 3.88. The van der Waals surface area contributed by atoms with Crippen molar-refractivity contribution in [3.05, 3.63) is 58.8 Å². The number of hydrogen-bond acceptors (Lipinski definition) is 10. The lowest BCUT2D eigenvalue weighted by atomic mass is 10.1. The number of fused-ring (bicyclic) bond motifs is 1. The van der Waals surface area contributed by atoms with Gasteiger partial charge in [-0.1, -0.05) is 0 Å². The van der Waals surface area contributed by atoms with Crippen molar-refractivity contribution in [1.82, 2.24) is 39.2 Å². The molecule has 0 spiro atoms. The number of hydrogen-bond donors (Lipinski definition) is 2. The molecule has 4 aromatic rings. The lowest BCUT2D eigenvalue weighted by molar-refractivity contribution is -0.124. The number of halogens is 1. The van der Waals surface area contributed by atoms with Gasteiger partial charge in [-0.15, -0.1) is 0 Å². The summed E-state index contributed by atoms with van der Waals surface area (Å²) in [7, 11) is 1.48. The summed E-state index contributed by atoms with van der Waals surface area (Å²) in [4.78, 5) is 66.3. The molecule has 0 aromatic carbocycles. The van der Waals surface area contributed by atoms with Crippen molar-refractivity contribution in [1.29, 1.82) is 0 Å². The second-order valence-corrected chi connectivity index (χ2v) is 11.2. The van der Waals surface area contributed by atoms with Gasteiger partial charge in [-0.05, 0) is 61.4 Å². The molecule has 14 nitrogen and oxygen atoms in total. The molecule has 1 aliphatic heterocycles. The number of amides is 4. The van der Waals surface area contributed by atoms with Crippen molar-refractivity contribution in [2.75, 3.05) is 29.1 Å². The first-order valence-corrected chi connectivity index (χ1v) is 14.0. The number of imide groups is 1. The molecule has 0 radical (unpaired) electrons. The molecule has 2 N–H and O–H groups in total. The number of likely N-dealkylation sites (N-methyl/N-ethyl adjacent to an activating group) is 1. The molecule has 4 amide bonds. The number of rotatable bonds is 8. The summed E-state index contributed by atoms with van der Waals surface area (Å²) in [5.41, 5.74) is 3.75. The minimum absolute atomic E-state index is 0.0307. The summed E-state index contributed by atoms with van der Waals surface area (Å²) < 4.78 is 1.88. The zero-order valence-corrected chi connectivity index (χ0v) is 23.5. The molecule has 7 rings (SSSR count). The highest BCUT2D eigenvalue weighted by Gasteiger charge is 2.46. The van der Waals surface area contributed by atoms with E-state index in [1.807, 2.05) is 35.9 Å². The molecule has 2 unspecified atom stereocenters. The van der Waals surface area contributed by atoms with Crippen LogP contribution in [-0.4, -0.2) is 70.6 Å². The summed E-state index contributed by atoms with van der Waals surface area (Å²) in [6, 6.07) is 3.39. The number of carbonyl (C=O) groups excluding carboxylic acids is 3. The zero-order valence-electron chi connectivity index (χ0n) is 22.8. The Morgan fingerprint density at radius 3 is 2.64 bits per heavy atom. The fourth-order valence-corrected chi connectivity index (χ4v) is 5.30. The summed E-state index contributed by atoms with van der Waals surface area (Å²) in [5, 5.41) is 5.73. The summed E-state index contributed by atoms with van der Waals surface area (Å²) >= 11 is 6.14. The molecule has 4 aromatic heterocycles. The van der Waals surface area contributed by atoms with E-state index >= 15 is 0 Å². The highest BCUT2D eigenvalue weighted by molar-refractivity contribution is 6.28. The molecule has 0 bridgehead atoms. The van der Waals surface area contributed by atoms with Crippen molar-refractivity contribution < 1.29 is 14.4 Å². The topological polar surface area (TPSA) is 164 Å². The van der Waals surface area contributed by atoms with Gasteiger partial charge in [-0.25, -0.2) is 19.7 Å². The van der Waals surface area contributed by atoms with Crippen LogP contribution in [0.5, 0.6) is 0 Å². The maximum absolute atomic E-state index is 12.8. The lowest BCUT2D eigenvalue weighted by Crippen LogP contribution is -2.30. The fourth-order valence-electron chi connectivity index (χ4n) is 5.14. The maximum Gasteiger partial charge on any atom is 0.331 e. The van der Waals surface area contributed by atoms with Gasteiger partial charge in [0.15, 0.2) is 5.65 Å². The number of aryl methyl sites for hydroxylation is 1. The minimum Gasteiger partial charge on any atom is -0.348 e. The quantitative estimate of drug-likeness (QED) is 0.293. The molecule has 2 aliphatic carbocycles. The van der Waals surface area contributed by atoms with Gasteiger partial charge in [0.2, 0.25) is 29.0 Å². The number of aromatic nitrogens is 7. The third kappa shape index (κ3) is 4.98. The Morgan fingerprint density at radius 1 is 1.10 bits per heavy atom. The highest BCUT2D eigenvalue weighted by atomic mass is 35.5. The number of anilines is 3. The highest BCUT2D eigenvalue weighted by Crippen LogP contribution is 2.46. The van der Waals surface area contributed by atoms with Crippen LogP contribution < -0.4 is 15.5 Å². The largest absolute Gasteiger partial charge is 0.348 e. The Hall–Kier alpha value is -4.72. The maximum atomic E-state index is 12.8. The fraction of sp³-hybridized carbons (Fsp3) is 0.370. The third-order valence-electron chi connectivity index (χ3n) is 7.67. The van der Waals surface area contributed by atoms with Gasteiger partial charge < -0.3 is 9.72 Å². The minimum atomic E-state index is -0.379. The first kappa shape index (κ1) is 26.2. The van der Waals surface area contributed by atoms with E-state index in [-0.39, 0.29) is 60.0 Å². The van der Waals surface area contributed by atoms with Crippen LogP contribution in [0.3, 0.4) is 0 Å². The van der Waals surface area contributed by atoms with E-state index in [9.17, 15) is 14.4 Å². The molecule has 214 valence electrons. The van der Waals surface area contributed by atoms with Crippen molar-refractivity contribution >= 4 is 52.7 Å². The van der Waals surface area contributed by atoms with E-state index in [0.29, 0.717) is 35.2 Å². The van der Waals surface area contributed by atoms with Gasteiger partial charge in [0, 0.05) is 43.2 Å². The standard InChI is InChI=1S/C27H26ClN11O3/c1-13-5-6-29-21(31-13)17-8-18(17)23(41)33-26-35-24(28)34-25(36-26)30-9-16-11-38-10-15(14-3-4-14)7-19(22(38)32-16)39-12-20(40)37(2)27(39)42/h5-7,10-11,14,17-18H,3-4,8-9,12H2,1-2H3,(H2,30,33,34,35,36,41). The second kappa shape index (κ2) is 9.98. The number of pyridine rings is 1. The van der Waals surface area contributed by atoms with Crippen molar-refractivity contribution in [2.45, 2.75) is 44.6 Å². The predicted octanol–water partition coefficient (Wildman–Crippen LogP) is 2.90. The molecular weight excluding hydrogens is 562 g/mol. The van der Waals surface area contributed by atoms with E-state index in [4.69, 9.17) is 16.6 Å². The van der Waals surface area contributed by atoms with E-state index in [0.717, 1.165) is 29.0 Å². The predicted molar refractivity (Wildman–Crippen MR) is 151 cm³/mol. The van der Waals surface area contributed by atoms with E-state index in [1.165, 1.54) is 11.9 Å². The Morgan fingerprint density at radius 2 is 1.90 bits per heavy atom. The Bertz CT molecular complexity index is 1770. The molecule has 3 fully saturated rings. The molecule has 42 heavy (non-hydrogen) atoms. The molecule has 2 saturated carbocycles. The Labute approximate surface area is 244 Å². The average molecular weight is 588 g/mol. The normalized spacial score (nSPS) is 20.0. The molecule has 15 heteroatoms. The van der Waals surface area contributed by atoms with Gasteiger partial charge in [-0.3, -0.25) is 24.7 Å². The van der Waals surface area contributed by atoms with Crippen LogP contribution >= 0.6 is 11.6 Å². The van der Waals surface area contributed by atoms with Crippen molar-refractivity contribution in [2.24, 2.45) is 5.92 Å². The summed E-state index contributed by atoms with van der Waals surface area (Å²) in [6.45, 7) is 2.09. The number of imidazole rings is 1. The van der Waals surface area contributed by atoms with Crippen LogP contribution in [0.25, 0.3) is 5.65 Å². The lowest BCUT2D eigenvalue weighted by Gasteiger charge is -2.17. The zero-order chi connectivity index (χ0) is 29.1. The van der Waals surface area contributed by atoms with Gasteiger partial charge in [0.1, 0.15) is 12.4 Å². The second-order valence-electron chi connectivity index (χ2n) is 10.8. The van der Waals surface area contributed by atoms with E-state index in [2.05, 4.69) is 35.6 Å². The number of urea groups is 1. The van der Waals surface area contributed by atoms with E-state index < -0.39 is 0 Å². The molecule has 3 aliphatic rings. The molecule has 2 atom stereocenters. The van der Waals surface area contributed by atoms with Gasteiger partial charge >= 0.3 is 6.03 Å². The van der Waals surface area contributed by atoms with Gasteiger partial charge in [0.25, 0.3) is 0 Å². The summed E-state index contributed by atoms with van der Waals surface area (Å²) in [6.07, 6.45) is 8.37. The first-order valence-electron chi connectivity index (χ1n) is 13.6. The van der Waals surface area contributed by atoms with Crippen LogP contribution in [0.4, 0.5) is 22.4 Å². The SMILES string of the molecule is Cc1ccnc(C2CC2C(=O)Nc2nc(Cl)nc(NCc3cn4cc(C5CC5)cc(N5CC(=O)N(C)C5=O)c4n3)n2)n1. The third-order valence-corrected chi connectivity index (χ3v) is 7.84. The smallest absolute Gasteiger partial charge is 0.331 e. The van der Waals surface area contributed by atoms with Crippen LogP contribution in [0.15, 0.2) is 30.7 Å². The van der Waals surface area contributed by atoms with Crippen molar-refractivity contribution in [3.63, 3.8) is 0 Å².